The topological polar surface area (TPSA) is 24.9 Å². The predicted molar refractivity (Wildman–Crippen MR) is 97.0 cm³/mol. The number of pyridine rings is 1. The van der Waals surface area contributed by atoms with Gasteiger partial charge in [0.15, 0.2) is 0 Å². The van der Waals surface area contributed by atoms with E-state index in [2.05, 4.69) is 73.3 Å². The monoisotopic (exact) mass is 424 g/mol. The van der Waals surface area contributed by atoms with Gasteiger partial charge in [-0.1, -0.05) is 31.2 Å². The first-order valence-corrected chi connectivity index (χ1v) is 9.11. The van der Waals surface area contributed by atoms with Gasteiger partial charge in [0, 0.05) is 17.8 Å². The molecule has 1 N–H and O–H groups in total. The van der Waals surface area contributed by atoms with Gasteiger partial charge in [0.1, 0.15) is 0 Å². The lowest BCUT2D eigenvalue weighted by Crippen LogP contribution is -2.22. The average molecular weight is 426 g/mol. The molecule has 21 heavy (non-hydrogen) atoms. The summed E-state index contributed by atoms with van der Waals surface area (Å²) < 4.78 is 2.27. The number of hydrogen-bond acceptors (Lipinski definition) is 3. The first-order chi connectivity index (χ1) is 10.2. The molecule has 1 aromatic carbocycles. The molecule has 1 unspecified atom stereocenters. The lowest BCUT2D eigenvalue weighted by Gasteiger charge is -2.19. The molecule has 3 rings (SSSR count). The Hall–Kier alpha value is -0.750. The van der Waals surface area contributed by atoms with Crippen molar-refractivity contribution >= 4 is 54.0 Å². The number of thiophene rings is 1. The van der Waals surface area contributed by atoms with Crippen LogP contribution in [0.15, 0.2) is 50.3 Å². The third kappa shape index (κ3) is 3.06. The molecule has 2 nitrogen and oxygen atoms in total. The molecule has 0 fully saturated rings. The molecule has 2 aromatic heterocycles. The van der Waals surface area contributed by atoms with Crippen LogP contribution in [0.2, 0.25) is 0 Å². The number of aromatic nitrogens is 1. The summed E-state index contributed by atoms with van der Waals surface area (Å²) in [5, 5.41) is 5.99. The third-order valence-corrected chi connectivity index (χ3v) is 5.80. The predicted octanol–water partition coefficient (Wildman–Crippen LogP) is 5.52. The molecule has 0 bridgehead atoms. The van der Waals surface area contributed by atoms with Crippen LogP contribution in [0.5, 0.6) is 0 Å². The van der Waals surface area contributed by atoms with Gasteiger partial charge in [0.05, 0.1) is 13.6 Å². The SMILES string of the molecule is CCNC(c1cc(Br)sc1Br)c1cncc2ccccc12. The Kier molecular flexibility index (Phi) is 4.74. The van der Waals surface area contributed by atoms with Crippen molar-refractivity contribution in [3.63, 3.8) is 0 Å². The van der Waals surface area contributed by atoms with Crippen LogP contribution in [-0.2, 0) is 0 Å². The minimum absolute atomic E-state index is 0.130. The molecule has 2 heterocycles. The molecular weight excluding hydrogens is 412 g/mol. The zero-order valence-corrected chi connectivity index (χ0v) is 15.4. The maximum Gasteiger partial charge on any atom is 0.0761 e. The molecule has 3 aromatic rings. The van der Waals surface area contributed by atoms with Gasteiger partial charge in [-0.25, -0.2) is 0 Å². The van der Waals surface area contributed by atoms with Gasteiger partial charge < -0.3 is 5.32 Å². The van der Waals surface area contributed by atoms with Gasteiger partial charge in [-0.05, 0) is 61.0 Å². The Morgan fingerprint density at radius 2 is 2.00 bits per heavy atom. The summed E-state index contributed by atoms with van der Waals surface area (Å²) in [5.41, 5.74) is 2.45. The van der Waals surface area contributed by atoms with Crippen LogP contribution < -0.4 is 5.32 Å². The molecule has 0 aliphatic heterocycles. The lowest BCUT2D eigenvalue weighted by atomic mass is 9.97. The number of nitrogens with one attached hydrogen (secondary N) is 1. The van der Waals surface area contributed by atoms with E-state index in [4.69, 9.17) is 0 Å². The van der Waals surface area contributed by atoms with Crippen molar-refractivity contribution in [1.82, 2.24) is 10.3 Å². The molecule has 5 heteroatoms. The Labute approximate surface area is 144 Å². The number of rotatable bonds is 4. The van der Waals surface area contributed by atoms with E-state index in [1.54, 1.807) is 11.3 Å². The zero-order valence-electron chi connectivity index (χ0n) is 11.4. The smallest absolute Gasteiger partial charge is 0.0761 e. The minimum Gasteiger partial charge on any atom is -0.306 e. The highest BCUT2D eigenvalue weighted by molar-refractivity contribution is 9.12. The lowest BCUT2D eigenvalue weighted by molar-refractivity contribution is 0.632. The van der Waals surface area contributed by atoms with E-state index in [0.717, 1.165) is 14.1 Å². The molecule has 108 valence electrons. The van der Waals surface area contributed by atoms with Crippen LogP contribution in [0.3, 0.4) is 0 Å². The molecule has 0 aliphatic carbocycles. The maximum absolute atomic E-state index is 4.41. The molecular formula is C16H14Br2N2S. The van der Waals surface area contributed by atoms with E-state index in [9.17, 15) is 0 Å². The number of halogens is 2. The quantitative estimate of drug-likeness (QED) is 0.595. The number of nitrogens with zero attached hydrogens (tertiary/aromatic N) is 1. The van der Waals surface area contributed by atoms with Crippen LogP contribution >= 0.6 is 43.2 Å². The van der Waals surface area contributed by atoms with Gasteiger partial charge in [-0.3, -0.25) is 4.98 Å². The van der Waals surface area contributed by atoms with E-state index in [1.165, 1.54) is 21.9 Å². The number of fused-ring (bicyclic) bond motifs is 1. The number of benzene rings is 1. The van der Waals surface area contributed by atoms with E-state index in [-0.39, 0.29) is 6.04 Å². The van der Waals surface area contributed by atoms with Crippen molar-refractivity contribution in [1.29, 1.82) is 0 Å². The van der Waals surface area contributed by atoms with Crippen LogP contribution in [-0.4, -0.2) is 11.5 Å². The van der Waals surface area contributed by atoms with Crippen LogP contribution in [0.1, 0.15) is 24.1 Å². The fourth-order valence-electron chi connectivity index (χ4n) is 2.51. The fraction of sp³-hybridized carbons (Fsp3) is 0.188. The van der Waals surface area contributed by atoms with E-state index in [1.807, 2.05) is 18.5 Å². The van der Waals surface area contributed by atoms with Gasteiger partial charge in [-0.15, -0.1) is 11.3 Å². The summed E-state index contributed by atoms with van der Waals surface area (Å²) in [4.78, 5) is 4.41. The summed E-state index contributed by atoms with van der Waals surface area (Å²) >= 11 is 8.94. The summed E-state index contributed by atoms with van der Waals surface area (Å²) in [5.74, 6) is 0. The molecule has 0 saturated heterocycles. The highest BCUT2D eigenvalue weighted by atomic mass is 79.9. The maximum atomic E-state index is 4.41. The van der Waals surface area contributed by atoms with Crippen LogP contribution in [0, 0.1) is 0 Å². The van der Waals surface area contributed by atoms with Crippen molar-refractivity contribution in [2.24, 2.45) is 0 Å². The van der Waals surface area contributed by atoms with Crippen molar-refractivity contribution in [2.75, 3.05) is 6.54 Å². The summed E-state index contributed by atoms with van der Waals surface area (Å²) in [7, 11) is 0. The van der Waals surface area contributed by atoms with Crippen LogP contribution in [0.4, 0.5) is 0 Å². The Morgan fingerprint density at radius 1 is 1.19 bits per heavy atom. The second kappa shape index (κ2) is 6.57. The van der Waals surface area contributed by atoms with Gasteiger partial charge in [0.2, 0.25) is 0 Å². The first kappa shape index (κ1) is 15.2. The van der Waals surface area contributed by atoms with Gasteiger partial charge in [-0.2, -0.15) is 0 Å². The second-order valence-corrected chi connectivity index (χ2v) is 8.47. The summed E-state index contributed by atoms with van der Waals surface area (Å²) in [6.45, 7) is 3.02. The van der Waals surface area contributed by atoms with Gasteiger partial charge >= 0.3 is 0 Å². The molecule has 0 amide bonds. The molecule has 0 saturated carbocycles. The summed E-state index contributed by atoms with van der Waals surface area (Å²) in [6.07, 6.45) is 3.88. The van der Waals surface area contributed by atoms with Crippen molar-refractivity contribution in [2.45, 2.75) is 13.0 Å². The largest absolute Gasteiger partial charge is 0.306 e. The molecule has 1 atom stereocenters. The molecule has 0 aliphatic rings. The van der Waals surface area contributed by atoms with Crippen molar-refractivity contribution in [3.8, 4) is 0 Å². The van der Waals surface area contributed by atoms with E-state index < -0.39 is 0 Å². The Morgan fingerprint density at radius 3 is 2.71 bits per heavy atom. The van der Waals surface area contributed by atoms with Gasteiger partial charge in [0.25, 0.3) is 0 Å². The highest BCUT2D eigenvalue weighted by Gasteiger charge is 2.20. The van der Waals surface area contributed by atoms with Crippen molar-refractivity contribution < 1.29 is 0 Å². The zero-order chi connectivity index (χ0) is 14.8. The number of hydrogen-bond donors (Lipinski definition) is 1. The molecule has 0 spiro atoms. The third-order valence-electron chi connectivity index (χ3n) is 3.41. The second-order valence-electron chi connectivity index (χ2n) is 4.72. The highest BCUT2D eigenvalue weighted by Crippen LogP contribution is 2.39. The average Bonchev–Trinajstić information content (AvgIpc) is 2.83. The van der Waals surface area contributed by atoms with Crippen LogP contribution in [0.25, 0.3) is 10.8 Å². The summed E-state index contributed by atoms with van der Waals surface area (Å²) in [6, 6.07) is 10.7. The van der Waals surface area contributed by atoms with E-state index >= 15 is 0 Å². The van der Waals surface area contributed by atoms with Crippen molar-refractivity contribution in [3.05, 3.63) is 61.4 Å². The standard InChI is InChI=1S/C16H14Br2N2S/c1-2-20-15(12-7-14(17)21-16(12)18)13-9-19-8-10-5-3-4-6-11(10)13/h3-9,15,20H,2H2,1H3. The Bertz CT molecular complexity index is 765. The minimum atomic E-state index is 0.130. The van der Waals surface area contributed by atoms with E-state index in [0.29, 0.717) is 0 Å². The fourth-order valence-corrected chi connectivity index (χ4v) is 5.41. The molecule has 0 radical (unpaired) electrons. The normalized spacial score (nSPS) is 12.7. The Balaban J connectivity index is 2.18. The first-order valence-electron chi connectivity index (χ1n) is 6.71.